The number of aryl methyl sites for hydroxylation is 1. The van der Waals surface area contributed by atoms with Crippen LogP contribution in [0, 0.1) is 6.92 Å². The Kier molecular flexibility index (Phi) is 8.04. The van der Waals surface area contributed by atoms with E-state index in [2.05, 4.69) is 21.3 Å². The number of nitrogens with zero attached hydrogens (tertiary/aromatic N) is 2. The fraction of sp³-hybridized carbons (Fsp3) is 0.227. The van der Waals surface area contributed by atoms with Crippen molar-refractivity contribution in [3.8, 4) is 0 Å². The zero-order valence-electron chi connectivity index (χ0n) is 17.4. The van der Waals surface area contributed by atoms with Crippen molar-refractivity contribution >= 4 is 23.4 Å². The topological polar surface area (TPSA) is 60.8 Å². The van der Waals surface area contributed by atoms with E-state index >= 15 is 0 Å². The van der Waals surface area contributed by atoms with Crippen LogP contribution >= 0.6 is 11.8 Å². The molecule has 0 atom stereocenters. The van der Waals surface area contributed by atoms with Crippen molar-refractivity contribution in [2.45, 2.75) is 24.9 Å². The van der Waals surface area contributed by atoms with Gasteiger partial charge in [0, 0.05) is 16.0 Å². The highest BCUT2D eigenvalue weighted by Gasteiger charge is 2.40. The monoisotopic (exact) mass is 450 g/mol. The molecule has 1 heterocycles. The molecule has 0 unspecified atom stereocenters. The Balaban J connectivity index is 2.48. The van der Waals surface area contributed by atoms with Crippen molar-refractivity contribution in [2.24, 2.45) is 4.99 Å². The smallest absolute Gasteiger partial charge is 0.422 e. The van der Waals surface area contributed by atoms with Gasteiger partial charge in [-0.1, -0.05) is 36.0 Å². The number of carbonyl (C=O) groups is 1. The largest absolute Gasteiger partial charge is 0.481 e. The summed E-state index contributed by atoms with van der Waals surface area (Å²) < 4.78 is 51.3. The highest BCUT2D eigenvalue weighted by Crippen LogP contribution is 2.41. The minimum atomic E-state index is -4.76. The third kappa shape index (κ3) is 6.45. The first-order valence-corrected chi connectivity index (χ1v) is 9.77. The number of aliphatic imine (C=N–C) groups is 1. The molecule has 0 bridgehead atoms. The molecule has 2 rings (SSSR count). The van der Waals surface area contributed by atoms with Crippen LogP contribution in [-0.2, 0) is 9.47 Å². The van der Waals surface area contributed by atoms with E-state index in [1.54, 1.807) is 24.3 Å². The minimum Gasteiger partial charge on any atom is -0.481 e. The third-order valence-corrected chi connectivity index (χ3v) is 5.01. The second-order valence-electron chi connectivity index (χ2n) is 6.34. The number of aromatic nitrogens is 1. The van der Waals surface area contributed by atoms with Crippen LogP contribution in [0.5, 0.6) is 0 Å². The lowest BCUT2D eigenvalue weighted by atomic mass is 10.2. The standard InChI is InChI=1S/C22H21F3N2O3S/c1-13-6-8-17(9-7-13)31-15(3)19(22(23,24)25)20(29-4)27-14(2)18-12-16(10-11-26-18)21(28)30-5/h6-12H,3H2,1-2,4-5H3/b20-19-,27-14+. The van der Waals surface area contributed by atoms with Gasteiger partial charge in [-0.05, 0) is 38.1 Å². The molecule has 0 aliphatic carbocycles. The lowest BCUT2D eigenvalue weighted by Crippen LogP contribution is -2.16. The first-order valence-electron chi connectivity index (χ1n) is 8.96. The van der Waals surface area contributed by atoms with E-state index in [1.165, 1.54) is 32.4 Å². The highest BCUT2D eigenvalue weighted by molar-refractivity contribution is 8.03. The van der Waals surface area contributed by atoms with Gasteiger partial charge < -0.3 is 9.47 Å². The number of rotatable bonds is 7. The average Bonchev–Trinajstić information content (AvgIpc) is 2.73. The van der Waals surface area contributed by atoms with Gasteiger partial charge >= 0.3 is 12.1 Å². The van der Waals surface area contributed by atoms with Crippen LogP contribution < -0.4 is 0 Å². The van der Waals surface area contributed by atoms with E-state index in [9.17, 15) is 18.0 Å². The molecule has 0 fully saturated rings. The predicted octanol–water partition coefficient (Wildman–Crippen LogP) is 5.71. The first kappa shape index (κ1) is 24.2. The van der Waals surface area contributed by atoms with Gasteiger partial charge in [-0.2, -0.15) is 13.2 Å². The van der Waals surface area contributed by atoms with Gasteiger partial charge in [-0.3, -0.25) is 4.98 Å². The van der Waals surface area contributed by atoms with E-state index in [-0.39, 0.29) is 21.9 Å². The van der Waals surface area contributed by atoms with Crippen LogP contribution in [0.25, 0.3) is 0 Å². The summed E-state index contributed by atoms with van der Waals surface area (Å²) >= 11 is 0.865. The number of alkyl halides is 3. The molecule has 5 nitrogen and oxygen atoms in total. The third-order valence-electron chi connectivity index (χ3n) is 4.05. The number of pyridine rings is 1. The summed E-state index contributed by atoms with van der Waals surface area (Å²) in [4.78, 5) is 20.1. The van der Waals surface area contributed by atoms with E-state index in [0.29, 0.717) is 4.90 Å². The lowest BCUT2D eigenvalue weighted by molar-refractivity contribution is -0.0917. The van der Waals surface area contributed by atoms with Gasteiger partial charge in [0.15, 0.2) is 0 Å². The number of hydrogen-bond donors (Lipinski definition) is 0. The Hall–Kier alpha value is -3.07. The quantitative estimate of drug-likeness (QED) is 0.178. The summed E-state index contributed by atoms with van der Waals surface area (Å²) in [7, 11) is 2.32. The number of hydrogen-bond acceptors (Lipinski definition) is 6. The molecule has 0 saturated carbocycles. The normalized spacial score (nSPS) is 12.8. The molecule has 164 valence electrons. The number of carbonyl (C=O) groups excluding carboxylic acids is 1. The molecule has 0 aliphatic rings. The fourth-order valence-corrected chi connectivity index (χ4v) is 3.35. The summed E-state index contributed by atoms with van der Waals surface area (Å²) in [6.07, 6.45) is -3.42. The van der Waals surface area contributed by atoms with Crippen molar-refractivity contribution in [2.75, 3.05) is 14.2 Å². The summed E-state index contributed by atoms with van der Waals surface area (Å²) in [6.45, 7) is 6.94. The van der Waals surface area contributed by atoms with E-state index in [0.717, 1.165) is 24.4 Å². The summed E-state index contributed by atoms with van der Waals surface area (Å²) in [5.74, 6) is -1.25. The highest BCUT2D eigenvalue weighted by atomic mass is 32.2. The number of halogens is 3. The van der Waals surface area contributed by atoms with Crippen LogP contribution in [0.2, 0.25) is 0 Å². The second kappa shape index (κ2) is 10.3. The molecule has 0 aliphatic heterocycles. The van der Waals surface area contributed by atoms with Gasteiger partial charge in [0.2, 0.25) is 5.88 Å². The Morgan fingerprint density at radius 2 is 1.77 bits per heavy atom. The molecule has 0 amide bonds. The van der Waals surface area contributed by atoms with E-state index in [4.69, 9.17) is 4.74 Å². The number of ether oxygens (including phenoxy) is 2. The van der Waals surface area contributed by atoms with Gasteiger partial charge in [0.25, 0.3) is 0 Å². The van der Waals surface area contributed by atoms with Crippen molar-refractivity contribution < 1.29 is 27.4 Å². The Morgan fingerprint density at radius 3 is 2.32 bits per heavy atom. The van der Waals surface area contributed by atoms with E-state index < -0.39 is 23.6 Å². The maximum Gasteiger partial charge on any atom is 0.422 e. The Morgan fingerprint density at radius 1 is 1.13 bits per heavy atom. The summed E-state index contributed by atoms with van der Waals surface area (Å²) in [6, 6.07) is 9.82. The van der Waals surface area contributed by atoms with Crippen molar-refractivity contribution in [3.05, 3.63) is 82.4 Å². The fourth-order valence-electron chi connectivity index (χ4n) is 2.48. The Bertz CT molecular complexity index is 1030. The zero-order valence-corrected chi connectivity index (χ0v) is 18.2. The predicted molar refractivity (Wildman–Crippen MR) is 114 cm³/mol. The van der Waals surface area contributed by atoms with Crippen molar-refractivity contribution in [1.29, 1.82) is 0 Å². The molecule has 0 N–H and O–H groups in total. The van der Waals surface area contributed by atoms with Crippen LogP contribution in [0.3, 0.4) is 0 Å². The summed E-state index contributed by atoms with van der Waals surface area (Å²) in [5, 5.41) is 0. The maximum absolute atomic E-state index is 13.9. The molecule has 31 heavy (non-hydrogen) atoms. The molecule has 0 saturated heterocycles. The first-order chi connectivity index (χ1) is 14.6. The maximum atomic E-state index is 13.9. The van der Waals surface area contributed by atoms with Crippen molar-refractivity contribution in [3.63, 3.8) is 0 Å². The van der Waals surface area contributed by atoms with Gasteiger partial charge in [0.05, 0.1) is 31.2 Å². The zero-order chi connectivity index (χ0) is 23.2. The van der Waals surface area contributed by atoms with Gasteiger partial charge in [0.1, 0.15) is 5.57 Å². The molecule has 0 radical (unpaired) electrons. The molecule has 1 aromatic heterocycles. The van der Waals surface area contributed by atoms with Crippen LogP contribution in [0.4, 0.5) is 13.2 Å². The van der Waals surface area contributed by atoms with Crippen molar-refractivity contribution in [1.82, 2.24) is 4.98 Å². The molecule has 0 spiro atoms. The minimum absolute atomic E-state index is 0.123. The van der Waals surface area contributed by atoms with Gasteiger partial charge in [-0.15, -0.1) is 0 Å². The molecular weight excluding hydrogens is 429 g/mol. The van der Waals surface area contributed by atoms with Gasteiger partial charge in [-0.25, -0.2) is 9.79 Å². The summed E-state index contributed by atoms with van der Waals surface area (Å²) in [5.41, 5.74) is 0.415. The number of esters is 1. The SMILES string of the molecule is C=C(Sc1ccc(C)cc1)/C(=C(\N=C(/C)c1cc(C(=O)OC)ccn1)OC)C(F)(F)F. The van der Waals surface area contributed by atoms with Crippen LogP contribution in [-0.4, -0.2) is 37.1 Å². The molecule has 9 heteroatoms. The number of methoxy groups -OCH3 is 2. The lowest BCUT2D eigenvalue weighted by Gasteiger charge is -2.17. The number of allylic oxidation sites excluding steroid dienone is 1. The second-order valence-corrected chi connectivity index (χ2v) is 7.51. The van der Waals surface area contributed by atoms with Crippen LogP contribution in [0.15, 0.2) is 75.4 Å². The molecular formula is C22H21F3N2O3S. The average molecular weight is 450 g/mol. The number of benzene rings is 1. The van der Waals surface area contributed by atoms with Crippen LogP contribution in [0.1, 0.15) is 28.5 Å². The Labute approximate surface area is 182 Å². The molecule has 1 aromatic carbocycles. The molecule has 2 aromatic rings. The van der Waals surface area contributed by atoms with E-state index in [1.807, 2.05) is 6.92 Å². The number of thioether (sulfide) groups is 1.